The number of ketones is 1. The van der Waals surface area contributed by atoms with Crippen LogP contribution in [-0.2, 0) is 19.1 Å². The Bertz CT molecular complexity index is 1080. The van der Waals surface area contributed by atoms with Crippen LogP contribution >= 0.6 is 0 Å². The molecule has 0 aliphatic heterocycles. The van der Waals surface area contributed by atoms with Gasteiger partial charge < -0.3 is 15.2 Å². The van der Waals surface area contributed by atoms with Gasteiger partial charge in [-0.25, -0.2) is 0 Å². The molecule has 37 heavy (non-hydrogen) atoms. The molecule has 0 aromatic heterocycles. The average molecular weight is 512 g/mol. The van der Waals surface area contributed by atoms with Crippen LogP contribution < -0.4 is 5.32 Å². The standard InChI is InChI=1S/C31H45NO5/c1-17(16-32-19(3)33)13-25-27(35)18(2)28-30(6)12-10-24-23(26(30)15-31(25,28)36)8-7-21-14-22(37-20(4)34)9-11-29(21,24)5/h7,17,22-26,36H,8-16H2,1-6H3,(H,32,33)/t17-,22+,23-,24+,25+,26+,29+,30+,31+/m1/s1. The molecule has 6 nitrogen and oxygen atoms in total. The van der Waals surface area contributed by atoms with Crippen molar-refractivity contribution in [1.82, 2.24) is 5.32 Å². The molecular weight excluding hydrogens is 466 g/mol. The highest BCUT2D eigenvalue weighted by Crippen LogP contribution is 2.71. The van der Waals surface area contributed by atoms with E-state index in [1.165, 1.54) is 19.4 Å². The van der Waals surface area contributed by atoms with E-state index in [4.69, 9.17) is 4.74 Å². The van der Waals surface area contributed by atoms with Gasteiger partial charge in [0.1, 0.15) is 6.10 Å². The first-order valence-corrected chi connectivity index (χ1v) is 14.4. The summed E-state index contributed by atoms with van der Waals surface area (Å²) in [6.45, 7) is 12.3. The maximum absolute atomic E-state index is 13.5. The zero-order chi connectivity index (χ0) is 26.9. The predicted octanol–water partition coefficient (Wildman–Crippen LogP) is 4.90. The number of hydrogen-bond acceptors (Lipinski definition) is 5. The van der Waals surface area contributed by atoms with Crippen LogP contribution in [0.15, 0.2) is 22.8 Å². The first kappa shape index (κ1) is 26.6. The smallest absolute Gasteiger partial charge is 0.302 e. The number of nitrogens with one attached hydrogen (secondary N) is 1. The van der Waals surface area contributed by atoms with Crippen molar-refractivity contribution in [2.24, 2.45) is 40.4 Å². The van der Waals surface area contributed by atoms with Gasteiger partial charge in [-0.05, 0) is 97.5 Å². The predicted molar refractivity (Wildman–Crippen MR) is 141 cm³/mol. The van der Waals surface area contributed by atoms with Gasteiger partial charge in [0.2, 0.25) is 5.91 Å². The third-order valence-corrected chi connectivity index (χ3v) is 11.3. The SMILES string of the molecule is CC(=O)NC[C@H](C)C[C@H]1C(=O)C(C)=C2[C@]1(O)C[C@H]1[C@@H]3CC=C4C[C@@H](OC(C)=O)CC[C@]4(C)[C@H]3CC[C@]21C. The minimum absolute atomic E-state index is 0.00663. The first-order valence-electron chi connectivity index (χ1n) is 14.4. The van der Waals surface area contributed by atoms with Gasteiger partial charge in [0, 0.05) is 26.8 Å². The van der Waals surface area contributed by atoms with Gasteiger partial charge in [0.25, 0.3) is 0 Å². The molecule has 9 atom stereocenters. The maximum atomic E-state index is 13.5. The van der Waals surface area contributed by atoms with Gasteiger partial charge in [-0.1, -0.05) is 32.4 Å². The van der Waals surface area contributed by atoms with Crippen molar-refractivity contribution in [3.05, 3.63) is 22.8 Å². The van der Waals surface area contributed by atoms with Crippen LogP contribution in [0.5, 0.6) is 0 Å². The monoisotopic (exact) mass is 511 g/mol. The van der Waals surface area contributed by atoms with Crippen molar-refractivity contribution < 1.29 is 24.2 Å². The summed E-state index contributed by atoms with van der Waals surface area (Å²) < 4.78 is 5.59. The number of fused-ring (bicyclic) bond motifs is 7. The number of carbonyl (C=O) groups excluding carboxylic acids is 3. The van der Waals surface area contributed by atoms with Crippen LogP contribution in [0.25, 0.3) is 0 Å². The van der Waals surface area contributed by atoms with Crippen molar-refractivity contribution >= 4 is 17.7 Å². The fourth-order valence-electron chi connectivity index (χ4n) is 9.68. The number of esters is 1. The number of rotatable bonds is 5. The molecule has 0 radical (unpaired) electrons. The Kier molecular flexibility index (Phi) is 6.53. The van der Waals surface area contributed by atoms with Gasteiger partial charge in [0.05, 0.1) is 11.5 Å². The molecule has 204 valence electrons. The van der Waals surface area contributed by atoms with Gasteiger partial charge in [-0.15, -0.1) is 0 Å². The van der Waals surface area contributed by atoms with Crippen LogP contribution in [0, 0.1) is 40.4 Å². The van der Waals surface area contributed by atoms with Crippen molar-refractivity contribution in [2.45, 2.75) is 105 Å². The van der Waals surface area contributed by atoms with Crippen molar-refractivity contribution in [3.8, 4) is 0 Å². The lowest BCUT2D eigenvalue weighted by atomic mass is 9.47. The summed E-state index contributed by atoms with van der Waals surface area (Å²) in [7, 11) is 0. The second-order valence-corrected chi connectivity index (χ2v) is 13.5. The van der Waals surface area contributed by atoms with Crippen molar-refractivity contribution in [1.29, 1.82) is 0 Å². The number of amides is 1. The van der Waals surface area contributed by atoms with Crippen LogP contribution in [0.1, 0.15) is 92.9 Å². The summed E-state index contributed by atoms with van der Waals surface area (Å²) in [5, 5.41) is 15.2. The fraction of sp³-hybridized carbons (Fsp3) is 0.774. The normalized spacial score (nSPS) is 43.3. The van der Waals surface area contributed by atoms with Crippen LogP contribution in [0.2, 0.25) is 0 Å². The van der Waals surface area contributed by atoms with Crippen LogP contribution in [-0.4, -0.2) is 41.0 Å². The van der Waals surface area contributed by atoms with Crippen LogP contribution in [0.4, 0.5) is 0 Å². The summed E-state index contributed by atoms with van der Waals surface area (Å²) in [6, 6.07) is 0. The highest BCUT2D eigenvalue weighted by atomic mass is 16.5. The number of hydrogen-bond donors (Lipinski definition) is 2. The van der Waals surface area contributed by atoms with Crippen molar-refractivity contribution in [3.63, 3.8) is 0 Å². The summed E-state index contributed by atoms with van der Waals surface area (Å²) in [5.41, 5.74) is 2.18. The minimum atomic E-state index is -1.07. The highest BCUT2D eigenvalue weighted by molar-refractivity contribution is 6.02. The highest BCUT2D eigenvalue weighted by Gasteiger charge is 2.68. The lowest BCUT2D eigenvalue weighted by Crippen LogP contribution is -2.49. The molecule has 2 N–H and O–H groups in total. The lowest BCUT2D eigenvalue weighted by molar-refractivity contribution is -0.148. The molecule has 3 fully saturated rings. The van der Waals surface area contributed by atoms with E-state index in [9.17, 15) is 19.5 Å². The summed E-state index contributed by atoms with van der Waals surface area (Å²) in [4.78, 5) is 36.5. The Hall–Kier alpha value is -1.95. The largest absolute Gasteiger partial charge is 0.462 e. The molecule has 3 saturated carbocycles. The average Bonchev–Trinajstić information content (AvgIpc) is 3.17. The first-order chi connectivity index (χ1) is 17.3. The molecule has 0 aromatic rings. The topological polar surface area (TPSA) is 92.7 Å². The van der Waals surface area contributed by atoms with E-state index in [1.54, 1.807) is 0 Å². The van der Waals surface area contributed by atoms with E-state index in [0.29, 0.717) is 37.1 Å². The molecule has 0 unspecified atom stereocenters. The Morgan fingerprint density at radius 1 is 1.16 bits per heavy atom. The number of allylic oxidation sites excluding steroid dienone is 2. The Morgan fingerprint density at radius 3 is 2.54 bits per heavy atom. The van der Waals surface area contributed by atoms with E-state index < -0.39 is 11.5 Å². The molecule has 5 rings (SSSR count). The van der Waals surface area contributed by atoms with E-state index in [2.05, 4.69) is 32.2 Å². The summed E-state index contributed by atoms with van der Waals surface area (Å²) in [6.07, 6.45) is 9.58. The molecule has 0 aromatic carbocycles. The molecule has 1 amide bonds. The number of aliphatic hydroxyl groups is 1. The number of carbonyl (C=O) groups is 3. The van der Waals surface area contributed by atoms with Gasteiger partial charge in [-0.3, -0.25) is 14.4 Å². The Morgan fingerprint density at radius 2 is 1.86 bits per heavy atom. The lowest BCUT2D eigenvalue weighted by Gasteiger charge is -2.57. The fourth-order valence-corrected chi connectivity index (χ4v) is 9.68. The molecule has 0 heterocycles. The molecular formula is C31H45NO5. The zero-order valence-electron chi connectivity index (χ0n) is 23.5. The van der Waals surface area contributed by atoms with Crippen LogP contribution in [0.3, 0.4) is 0 Å². The molecule has 0 saturated heterocycles. The second-order valence-electron chi connectivity index (χ2n) is 13.5. The third kappa shape index (κ3) is 4.04. The molecule has 5 aliphatic rings. The Labute approximate surface area is 221 Å². The second kappa shape index (κ2) is 9.07. The zero-order valence-corrected chi connectivity index (χ0v) is 23.5. The van der Waals surface area contributed by atoms with E-state index in [-0.39, 0.29) is 40.5 Å². The van der Waals surface area contributed by atoms with E-state index >= 15 is 0 Å². The Balaban J connectivity index is 1.42. The molecule has 0 bridgehead atoms. The van der Waals surface area contributed by atoms with Gasteiger partial charge in [0.15, 0.2) is 5.78 Å². The molecule has 6 heteroatoms. The maximum Gasteiger partial charge on any atom is 0.302 e. The molecule has 0 spiro atoms. The summed E-state index contributed by atoms with van der Waals surface area (Å²) in [5.74, 6) is 0.935. The van der Waals surface area contributed by atoms with Crippen molar-refractivity contribution in [2.75, 3.05) is 6.54 Å². The van der Waals surface area contributed by atoms with E-state index in [1.807, 2.05) is 6.92 Å². The van der Waals surface area contributed by atoms with Gasteiger partial charge in [-0.2, -0.15) is 0 Å². The quantitative estimate of drug-likeness (QED) is 0.405. The summed E-state index contributed by atoms with van der Waals surface area (Å²) >= 11 is 0. The number of Topliss-reactive ketones (excluding diaryl/α,β-unsaturated/α-hetero) is 1. The minimum Gasteiger partial charge on any atom is -0.462 e. The van der Waals surface area contributed by atoms with E-state index in [0.717, 1.165) is 49.7 Å². The molecule has 5 aliphatic carbocycles. The van der Waals surface area contributed by atoms with Gasteiger partial charge >= 0.3 is 5.97 Å². The third-order valence-electron chi connectivity index (χ3n) is 11.3. The number of ether oxygens (including phenoxy) is 1.